The van der Waals surface area contributed by atoms with Crippen LogP contribution in [-0.4, -0.2) is 84.0 Å². The number of nitrogens with two attached hydrogens (primary N) is 1. The molecule has 0 radical (unpaired) electrons. The van der Waals surface area contributed by atoms with Crippen molar-refractivity contribution in [1.29, 1.82) is 0 Å². The van der Waals surface area contributed by atoms with Crippen LogP contribution >= 0.6 is 11.6 Å². The van der Waals surface area contributed by atoms with Gasteiger partial charge in [0.15, 0.2) is 0 Å². The van der Waals surface area contributed by atoms with Crippen LogP contribution < -0.4 is 5.73 Å². The minimum absolute atomic E-state index is 0.152. The molecule has 2 aromatic carbocycles. The second-order valence-corrected chi connectivity index (χ2v) is 10.4. The van der Waals surface area contributed by atoms with E-state index < -0.39 is 24.2 Å². The number of benzene rings is 2. The molecule has 0 aliphatic carbocycles. The van der Waals surface area contributed by atoms with Gasteiger partial charge in [0.05, 0.1) is 6.04 Å². The van der Waals surface area contributed by atoms with E-state index in [1.807, 2.05) is 24.0 Å². The van der Waals surface area contributed by atoms with E-state index in [1.54, 1.807) is 29.2 Å². The first kappa shape index (κ1) is 30.8. The lowest BCUT2D eigenvalue weighted by Gasteiger charge is -2.46. The Morgan fingerprint density at radius 2 is 1.77 bits per heavy atom. The number of amides is 2. The quantitative estimate of drug-likeness (QED) is 0.433. The van der Waals surface area contributed by atoms with Crippen LogP contribution in [0.25, 0.3) is 0 Å². The molecule has 11 heteroatoms. The van der Waals surface area contributed by atoms with E-state index >= 15 is 0 Å². The maximum absolute atomic E-state index is 13.4. The molecule has 1 fully saturated rings. The van der Waals surface area contributed by atoms with Crippen molar-refractivity contribution in [1.82, 2.24) is 14.7 Å². The highest BCUT2D eigenvalue weighted by molar-refractivity contribution is 6.31. The Morgan fingerprint density at radius 1 is 1.10 bits per heavy atom. The SMILES string of the molecule is CCCC1CN(C(Cc2ccccc2Cl)CN(C)C(=O)C(F)(F)F)CCN1C(=O)C(N)Cc1ccc(F)cc1. The molecule has 3 atom stereocenters. The van der Waals surface area contributed by atoms with Gasteiger partial charge in [-0.3, -0.25) is 14.5 Å². The highest BCUT2D eigenvalue weighted by Gasteiger charge is 2.42. The molecule has 39 heavy (non-hydrogen) atoms. The number of carbonyl (C=O) groups is 2. The summed E-state index contributed by atoms with van der Waals surface area (Å²) in [4.78, 5) is 29.8. The lowest BCUT2D eigenvalue weighted by molar-refractivity contribution is -0.184. The monoisotopic (exact) mass is 570 g/mol. The minimum Gasteiger partial charge on any atom is -0.336 e. The van der Waals surface area contributed by atoms with Crippen LogP contribution in [0.4, 0.5) is 17.6 Å². The van der Waals surface area contributed by atoms with E-state index in [1.165, 1.54) is 12.1 Å². The molecule has 6 nitrogen and oxygen atoms in total. The van der Waals surface area contributed by atoms with Crippen LogP contribution in [0, 0.1) is 5.82 Å². The van der Waals surface area contributed by atoms with Crippen molar-refractivity contribution >= 4 is 23.4 Å². The predicted molar refractivity (Wildman–Crippen MR) is 143 cm³/mol. The van der Waals surface area contributed by atoms with Gasteiger partial charge in [0, 0.05) is 50.3 Å². The smallest absolute Gasteiger partial charge is 0.336 e. The summed E-state index contributed by atoms with van der Waals surface area (Å²) < 4.78 is 52.7. The van der Waals surface area contributed by atoms with Crippen molar-refractivity contribution in [2.75, 3.05) is 33.2 Å². The number of nitrogens with zero attached hydrogens (tertiary/aromatic N) is 3. The molecular formula is C28H35ClF4N4O2. The molecular weight excluding hydrogens is 536 g/mol. The number of hydrogen-bond donors (Lipinski definition) is 1. The van der Waals surface area contributed by atoms with Crippen molar-refractivity contribution < 1.29 is 27.2 Å². The molecule has 0 aromatic heterocycles. The van der Waals surface area contributed by atoms with E-state index in [9.17, 15) is 27.2 Å². The summed E-state index contributed by atoms with van der Waals surface area (Å²) in [7, 11) is 1.15. The highest BCUT2D eigenvalue weighted by Crippen LogP contribution is 2.25. The number of hydrogen-bond acceptors (Lipinski definition) is 4. The van der Waals surface area contributed by atoms with E-state index in [0.717, 1.165) is 24.6 Å². The average molecular weight is 571 g/mol. The first-order valence-electron chi connectivity index (χ1n) is 13.0. The standard InChI is InChI=1S/C28H35ClF4N4O2/c1-3-6-22-18-36(13-14-37(22)26(38)25(34)15-19-9-11-21(30)12-10-19)23(16-20-7-4-5-8-24(20)29)17-35(2)27(39)28(31,32)33/h4-5,7-12,22-23,25H,3,6,13-18,34H2,1-2H3. The Balaban J connectivity index is 1.77. The van der Waals surface area contributed by atoms with E-state index in [4.69, 9.17) is 17.3 Å². The predicted octanol–water partition coefficient (Wildman–Crippen LogP) is 4.29. The van der Waals surface area contributed by atoms with Gasteiger partial charge in [-0.05, 0) is 48.6 Å². The summed E-state index contributed by atoms with van der Waals surface area (Å²) in [6, 6.07) is 11.5. The summed E-state index contributed by atoms with van der Waals surface area (Å²) in [5, 5.41) is 0.498. The molecule has 3 unspecified atom stereocenters. The van der Waals surface area contributed by atoms with Gasteiger partial charge in [-0.25, -0.2) is 4.39 Å². The molecule has 3 rings (SSSR count). The van der Waals surface area contributed by atoms with Gasteiger partial charge in [0.1, 0.15) is 5.82 Å². The third-order valence-corrected chi connectivity index (χ3v) is 7.48. The zero-order valence-corrected chi connectivity index (χ0v) is 22.9. The summed E-state index contributed by atoms with van der Waals surface area (Å²) >= 11 is 6.37. The molecule has 1 saturated heterocycles. The second-order valence-electron chi connectivity index (χ2n) is 10.0. The van der Waals surface area contributed by atoms with E-state index in [0.29, 0.717) is 42.4 Å². The Hall–Kier alpha value is -2.69. The fourth-order valence-corrected chi connectivity index (χ4v) is 5.31. The molecule has 0 bridgehead atoms. The Bertz CT molecular complexity index is 1120. The number of halogens is 5. The van der Waals surface area contributed by atoms with Crippen LogP contribution in [-0.2, 0) is 22.4 Å². The van der Waals surface area contributed by atoms with Gasteiger partial charge >= 0.3 is 12.1 Å². The lowest BCUT2D eigenvalue weighted by Crippen LogP contribution is -2.62. The van der Waals surface area contributed by atoms with Crippen molar-refractivity contribution in [2.45, 2.75) is 56.9 Å². The largest absolute Gasteiger partial charge is 0.471 e. The van der Waals surface area contributed by atoms with E-state index in [-0.39, 0.29) is 30.7 Å². The van der Waals surface area contributed by atoms with Crippen molar-refractivity contribution in [2.24, 2.45) is 5.73 Å². The van der Waals surface area contributed by atoms with Crippen LogP contribution in [0.3, 0.4) is 0 Å². The van der Waals surface area contributed by atoms with Crippen molar-refractivity contribution in [3.63, 3.8) is 0 Å². The topological polar surface area (TPSA) is 69.9 Å². The Kier molecular flexibility index (Phi) is 10.7. The maximum atomic E-state index is 13.4. The fourth-order valence-electron chi connectivity index (χ4n) is 5.10. The van der Waals surface area contributed by atoms with Gasteiger partial charge in [-0.2, -0.15) is 13.2 Å². The third-order valence-electron chi connectivity index (χ3n) is 7.11. The third kappa shape index (κ3) is 8.40. The van der Waals surface area contributed by atoms with Gasteiger partial charge in [0.2, 0.25) is 5.91 Å². The number of rotatable bonds is 10. The average Bonchev–Trinajstić information content (AvgIpc) is 2.89. The summed E-state index contributed by atoms with van der Waals surface area (Å²) in [6.45, 7) is 3.01. The van der Waals surface area contributed by atoms with Crippen LogP contribution in [0.15, 0.2) is 48.5 Å². The molecule has 0 saturated carbocycles. The van der Waals surface area contributed by atoms with Gasteiger partial charge < -0.3 is 15.5 Å². The van der Waals surface area contributed by atoms with Crippen LogP contribution in [0.2, 0.25) is 5.02 Å². The molecule has 2 amide bonds. The van der Waals surface area contributed by atoms with Gasteiger partial charge in [-0.1, -0.05) is 55.3 Å². The van der Waals surface area contributed by atoms with Gasteiger partial charge in [-0.15, -0.1) is 0 Å². The van der Waals surface area contributed by atoms with Crippen molar-refractivity contribution in [3.05, 3.63) is 70.5 Å². The van der Waals surface area contributed by atoms with E-state index in [2.05, 4.69) is 0 Å². The second kappa shape index (κ2) is 13.6. The molecule has 0 spiro atoms. The summed E-state index contributed by atoms with van der Waals surface area (Å²) in [5.41, 5.74) is 7.78. The Morgan fingerprint density at radius 3 is 2.38 bits per heavy atom. The van der Waals surface area contributed by atoms with Crippen molar-refractivity contribution in [3.8, 4) is 0 Å². The molecule has 2 aromatic rings. The number of carbonyl (C=O) groups excluding carboxylic acids is 2. The Labute approximate surface area is 231 Å². The van der Waals surface area contributed by atoms with Gasteiger partial charge in [0.25, 0.3) is 0 Å². The summed E-state index contributed by atoms with van der Waals surface area (Å²) in [5.74, 6) is -2.49. The molecule has 1 heterocycles. The number of alkyl halides is 3. The summed E-state index contributed by atoms with van der Waals surface area (Å²) in [6.07, 6.45) is -2.90. The first-order chi connectivity index (χ1) is 18.4. The van der Waals surface area contributed by atoms with Crippen LogP contribution in [0.1, 0.15) is 30.9 Å². The number of likely N-dealkylation sites (N-methyl/N-ethyl adjacent to an activating group) is 1. The highest BCUT2D eigenvalue weighted by atomic mass is 35.5. The maximum Gasteiger partial charge on any atom is 0.471 e. The lowest BCUT2D eigenvalue weighted by atomic mass is 9.98. The molecule has 1 aliphatic rings. The number of piperazine rings is 1. The van der Waals surface area contributed by atoms with Crippen LogP contribution in [0.5, 0.6) is 0 Å². The minimum atomic E-state index is -4.97. The normalized spacial score (nSPS) is 18.1. The zero-order chi connectivity index (χ0) is 28.7. The molecule has 214 valence electrons. The zero-order valence-electron chi connectivity index (χ0n) is 22.1. The first-order valence-corrected chi connectivity index (χ1v) is 13.4. The molecule has 1 aliphatic heterocycles. The fraction of sp³-hybridized carbons (Fsp3) is 0.500. The molecule has 2 N–H and O–H groups in total.